The minimum Gasteiger partial charge on any atom is -0.454 e. The second-order valence-corrected chi connectivity index (χ2v) is 5.89. The molecule has 0 aromatic heterocycles. The highest BCUT2D eigenvalue weighted by atomic mass is 35.5. The third kappa shape index (κ3) is 3.63. The van der Waals surface area contributed by atoms with Crippen LogP contribution in [0.2, 0.25) is 10.0 Å². The van der Waals surface area contributed by atoms with Crippen molar-refractivity contribution in [3.05, 3.63) is 46.4 Å². The van der Waals surface area contributed by atoms with E-state index in [0.29, 0.717) is 27.2 Å². The van der Waals surface area contributed by atoms with E-state index in [2.05, 4.69) is 10.6 Å². The molecule has 0 fully saturated rings. The van der Waals surface area contributed by atoms with Crippen molar-refractivity contribution in [2.75, 3.05) is 17.4 Å². The summed E-state index contributed by atoms with van der Waals surface area (Å²) in [5, 5.41) is 6.77. The second kappa shape index (κ2) is 6.56. The number of hydrogen-bond donors (Lipinski definition) is 2. The van der Waals surface area contributed by atoms with Gasteiger partial charge < -0.3 is 20.1 Å². The van der Waals surface area contributed by atoms with Crippen LogP contribution in [-0.2, 0) is 4.79 Å². The van der Waals surface area contributed by atoms with E-state index in [1.807, 2.05) is 6.07 Å². The van der Waals surface area contributed by atoms with Crippen LogP contribution in [0.3, 0.4) is 0 Å². The molecule has 23 heavy (non-hydrogen) atoms. The van der Waals surface area contributed by atoms with Crippen molar-refractivity contribution in [1.29, 1.82) is 0 Å². The van der Waals surface area contributed by atoms with Gasteiger partial charge in [0.2, 0.25) is 12.7 Å². The Morgan fingerprint density at radius 2 is 1.91 bits per heavy atom. The molecule has 2 aromatic carbocycles. The van der Waals surface area contributed by atoms with Gasteiger partial charge in [-0.2, -0.15) is 0 Å². The summed E-state index contributed by atoms with van der Waals surface area (Å²) >= 11 is 11.9. The standard InChI is InChI=1S/C16H14Cl2N2O3/c1-9(16(21)20-13-4-2-10(17)6-12(13)18)19-11-3-5-14-15(7-11)23-8-22-14/h2-7,9,19H,8H2,1H3,(H,20,21)/t9-/m1/s1. The predicted octanol–water partition coefficient (Wildman–Crippen LogP) is 4.16. The smallest absolute Gasteiger partial charge is 0.246 e. The second-order valence-electron chi connectivity index (χ2n) is 5.05. The molecule has 5 nitrogen and oxygen atoms in total. The molecule has 0 saturated carbocycles. The lowest BCUT2D eigenvalue weighted by atomic mass is 10.2. The number of fused-ring (bicyclic) bond motifs is 1. The first-order valence-electron chi connectivity index (χ1n) is 6.95. The van der Waals surface area contributed by atoms with Gasteiger partial charge in [-0.05, 0) is 37.3 Å². The van der Waals surface area contributed by atoms with E-state index in [4.69, 9.17) is 32.7 Å². The molecule has 0 radical (unpaired) electrons. The van der Waals surface area contributed by atoms with Gasteiger partial charge in [0.15, 0.2) is 11.5 Å². The van der Waals surface area contributed by atoms with Crippen LogP contribution < -0.4 is 20.1 Å². The molecule has 1 aliphatic heterocycles. The van der Waals surface area contributed by atoms with E-state index in [0.717, 1.165) is 5.69 Å². The Morgan fingerprint density at radius 3 is 2.70 bits per heavy atom. The fraction of sp³-hybridized carbons (Fsp3) is 0.188. The summed E-state index contributed by atoms with van der Waals surface area (Å²) in [6.07, 6.45) is 0. The fourth-order valence-corrected chi connectivity index (χ4v) is 2.59. The zero-order valence-electron chi connectivity index (χ0n) is 12.2. The van der Waals surface area contributed by atoms with Gasteiger partial charge >= 0.3 is 0 Å². The first kappa shape index (κ1) is 15.8. The van der Waals surface area contributed by atoms with Crippen LogP contribution in [0.4, 0.5) is 11.4 Å². The largest absolute Gasteiger partial charge is 0.454 e. The average molecular weight is 353 g/mol. The maximum Gasteiger partial charge on any atom is 0.246 e. The number of hydrogen-bond acceptors (Lipinski definition) is 4. The molecular formula is C16H14Cl2N2O3. The van der Waals surface area contributed by atoms with Crippen molar-refractivity contribution in [2.45, 2.75) is 13.0 Å². The maximum absolute atomic E-state index is 12.3. The molecule has 0 spiro atoms. The molecule has 0 bridgehead atoms. The van der Waals surface area contributed by atoms with Crippen LogP contribution in [0.15, 0.2) is 36.4 Å². The molecule has 120 valence electrons. The number of carbonyl (C=O) groups is 1. The van der Waals surface area contributed by atoms with Crippen LogP contribution in [0.25, 0.3) is 0 Å². The normalized spacial score (nSPS) is 13.5. The minimum absolute atomic E-state index is 0.212. The van der Waals surface area contributed by atoms with Gasteiger partial charge in [0.25, 0.3) is 0 Å². The van der Waals surface area contributed by atoms with Gasteiger partial charge in [0.05, 0.1) is 10.7 Å². The number of anilines is 2. The Morgan fingerprint density at radius 1 is 1.13 bits per heavy atom. The number of halogens is 2. The van der Waals surface area contributed by atoms with Crippen molar-refractivity contribution < 1.29 is 14.3 Å². The Bertz CT molecular complexity index is 752. The molecule has 1 aliphatic rings. The van der Waals surface area contributed by atoms with Gasteiger partial charge in [0.1, 0.15) is 6.04 Å². The van der Waals surface area contributed by atoms with E-state index < -0.39 is 6.04 Å². The number of carbonyl (C=O) groups excluding carboxylic acids is 1. The molecule has 1 amide bonds. The predicted molar refractivity (Wildman–Crippen MR) is 90.7 cm³/mol. The molecule has 0 saturated heterocycles. The molecule has 0 unspecified atom stereocenters. The number of amides is 1. The van der Waals surface area contributed by atoms with Gasteiger partial charge in [-0.15, -0.1) is 0 Å². The van der Waals surface area contributed by atoms with Crippen molar-refractivity contribution >= 4 is 40.5 Å². The number of rotatable bonds is 4. The molecule has 1 heterocycles. The van der Waals surface area contributed by atoms with E-state index >= 15 is 0 Å². The van der Waals surface area contributed by atoms with Crippen LogP contribution in [0, 0.1) is 0 Å². The lowest BCUT2D eigenvalue weighted by Gasteiger charge is -2.16. The molecule has 1 atom stereocenters. The van der Waals surface area contributed by atoms with Crippen LogP contribution in [0.5, 0.6) is 11.5 Å². The van der Waals surface area contributed by atoms with Crippen LogP contribution in [-0.4, -0.2) is 18.7 Å². The number of nitrogens with one attached hydrogen (secondary N) is 2. The Balaban J connectivity index is 1.65. The topological polar surface area (TPSA) is 59.6 Å². The maximum atomic E-state index is 12.3. The van der Waals surface area contributed by atoms with E-state index in [-0.39, 0.29) is 12.7 Å². The number of benzene rings is 2. The monoisotopic (exact) mass is 352 g/mol. The Labute approximate surface area is 143 Å². The molecule has 7 heteroatoms. The highest BCUT2D eigenvalue weighted by Crippen LogP contribution is 2.34. The third-order valence-electron chi connectivity index (χ3n) is 3.34. The summed E-state index contributed by atoms with van der Waals surface area (Å²) in [5.74, 6) is 1.14. The third-order valence-corrected chi connectivity index (χ3v) is 3.89. The van der Waals surface area contributed by atoms with Gasteiger partial charge in [-0.25, -0.2) is 0 Å². The zero-order valence-corrected chi connectivity index (χ0v) is 13.7. The van der Waals surface area contributed by atoms with Crippen LogP contribution >= 0.6 is 23.2 Å². The first-order valence-corrected chi connectivity index (χ1v) is 7.70. The zero-order chi connectivity index (χ0) is 16.4. The SMILES string of the molecule is C[C@@H](Nc1ccc2c(c1)OCO2)C(=O)Nc1ccc(Cl)cc1Cl. The average Bonchev–Trinajstić information content (AvgIpc) is 2.97. The van der Waals surface area contributed by atoms with Crippen molar-refractivity contribution in [1.82, 2.24) is 0 Å². The van der Waals surface area contributed by atoms with Crippen molar-refractivity contribution in [3.8, 4) is 11.5 Å². The quantitative estimate of drug-likeness (QED) is 0.867. The highest BCUT2D eigenvalue weighted by molar-refractivity contribution is 6.36. The van der Waals surface area contributed by atoms with Gasteiger partial charge in [-0.3, -0.25) is 4.79 Å². The molecule has 0 aliphatic carbocycles. The van der Waals surface area contributed by atoms with Gasteiger partial charge in [0, 0.05) is 16.8 Å². The van der Waals surface area contributed by atoms with Gasteiger partial charge in [-0.1, -0.05) is 23.2 Å². The summed E-state index contributed by atoms with van der Waals surface area (Å²) in [6.45, 7) is 1.97. The molecular weight excluding hydrogens is 339 g/mol. The first-order chi connectivity index (χ1) is 11.0. The van der Waals surface area contributed by atoms with Crippen LogP contribution in [0.1, 0.15) is 6.92 Å². The summed E-state index contributed by atoms with van der Waals surface area (Å²) in [7, 11) is 0. The lowest BCUT2D eigenvalue weighted by Crippen LogP contribution is -2.31. The Hall–Kier alpha value is -2.11. The summed E-state index contributed by atoms with van der Waals surface area (Å²) < 4.78 is 10.6. The molecule has 2 aromatic rings. The summed E-state index contributed by atoms with van der Waals surface area (Å²) in [4.78, 5) is 12.3. The Kier molecular flexibility index (Phi) is 4.50. The van der Waals surface area contributed by atoms with Crippen molar-refractivity contribution in [3.63, 3.8) is 0 Å². The molecule has 3 rings (SSSR count). The summed E-state index contributed by atoms with van der Waals surface area (Å²) in [5.41, 5.74) is 1.28. The van der Waals surface area contributed by atoms with Crippen molar-refractivity contribution in [2.24, 2.45) is 0 Å². The lowest BCUT2D eigenvalue weighted by molar-refractivity contribution is -0.116. The van der Waals surface area contributed by atoms with E-state index in [1.54, 1.807) is 37.3 Å². The fourth-order valence-electron chi connectivity index (χ4n) is 2.13. The molecule has 2 N–H and O–H groups in total. The van der Waals surface area contributed by atoms with E-state index in [9.17, 15) is 4.79 Å². The minimum atomic E-state index is -0.470. The van der Waals surface area contributed by atoms with E-state index in [1.165, 1.54) is 0 Å². The summed E-state index contributed by atoms with van der Waals surface area (Å²) in [6, 6.07) is 9.85. The number of ether oxygens (including phenoxy) is 2. The highest BCUT2D eigenvalue weighted by Gasteiger charge is 2.17.